The maximum atomic E-state index is 14.2. The number of aliphatic hydroxyl groups is 1. The fourth-order valence-corrected chi connectivity index (χ4v) is 9.54. The number of nitro benzene ring substituents is 3. The lowest BCUT2D eigenvalue weighted by Crippen LogP contribution is -2.63. The van der Waals surface area contributed by atoms with Crippen LogP contribution in [0.4, 0.5) is 27.5 Å². The van der Waals surface area contributed by atoms with Crippen LogP contribution in [0.15, 0.2) is 114 Å². The molecule has 3 amide bonds. The zero-order valence-corrected chi connectivity index (χ0v) is 36.2. The molecule has 3 aliphatic heterocycles. The van der Waals surface area contributed by atoms with Gasteiger partial charge in [-0.3, -0.25) is 44.8 Å². The van der Waals surface area contributed by atoms with Gasteiger partial charge in [-0.15, -0.1) is 11.8 Å². The minimum atomic E-state index is -1.11. The lowest BCUT2D eigenvalue weighted by atomic mass is 9.79. The number of fused-ring (bicyclic) bond motifs is 1. The third-order valence-electron chi connectivity index (χ3n) is 11.4. The Morgan fingerprint density at radius 3 is 1.85 bits per heavy atom. The fourth-order valence-electron chi connectivity index (χ4n) is 8.02. The van der Waals surface area contributed by atoms with Crippen molar-refractivity contribution in [2.75, 3.05) is 11.9 Å². The van der Waals surface area contributed by atoms with Crippen molar-refractivity contribution in [1.82, 2.24) is 9.80 Å². The van der Waals surface area contributed by atoms with Crippen molar-refractivity contribution < 1.29 is 53.3 Å². The third-order valence-corrected chi connectivity index (χ3v) is 12.9. The molecule has 2 saturated heterocycles. The molecule has 6 atom stereocenters. The maximum Gasteiger partial charge on any atom is 0.410 e. The number of benzene rings is 4. The molecule has 21 heteroatoms. The fraction of sp³-hybridized carbons (Fsp3) is 0.289. The van der Waals surface area contributed by atoms with Crippen LogP contribution >= 0.6 is 11.8 Å². The average molecular weight is 923 g/mol. The molecule has 0 unspecified atom stereocenters. The first-order valence-electron chi connectivity index (χ1n) is 20.5. The van der Waals surface area contributed by atoms with E-state index in [-0.39, 0.29) is 61.3 Å². The number of esters is 1. The Kier molecular flexibility index (Phi) is 13.8. The number of likely N-dealkylation sites (tertiary alicyclic amines) is 1. The van der Waals surface area contributed by atoms with Crippen LogP contribution in [0.25, 0.3) is 5.76 Å². The molecular formula is C45H42N6O14S. The second kappa shape index (κ2) is 19.6. The second-order valence-electron chi connectivity index (χ2n) is 15.8. The summed E-state index contributed by atoms with van der Waals surface area (Å²) in [5, 5.41) is 46.2. The van der Waals surface area contributed by atoms with E-state index in [0.29, 0.717) is 32.8 Å². The van der Waals surface area contributed by atoms with Gasteiger partial charge in [-0.2, -0.15) is 0 Å². The number of carbonyl (C=O) groups excluding carboxylic acids is 4. The van der Waals surface area contributed by atoms with Crippen LogP contribution in [0, 0.1) is 42.2 Å². The van der Waals surface area contributed by atoms with Crippen molar-refractivity contribution in [3.05, 3.63) is 167 Å². The Bertz CT molecular complexity index is 2620. The monoisotopic (exact) mass is 922 g/mol. The molecule has 0 spiro atoms. The van der Waals surface area contributed by atoms with Gasteiger partial charge in [0, 0.05) is 70.3 Å². The van der Waals surface area contributed by atoms with Gasteiger partial charge >= 0.3 is 12.1 Å². The molecule has 66 heavy (non-hydrogen) atoms. The Morgan fingerprint density at radius 2 is 1.33 bits per heavy atom. The number of nitro groups is 3. The van der Waals surface area contributed by atoms with E-state index in [1.807, 2.05) is 6.92 Å². The molecular weight excluding hydrogens is 881 g/mol. The molecule has 4 aromatic carbocycles. The van der Waals surface area contributed by atoms with Crippen molar-refractivity contribution in [3.63, 3.8) is 0 Å². The Hall–Kier alpha value is -7.65. The highest BCUT2D eigenvalue weighted by atomic mass is 32.2. The summed E-state index contributed by atoms with van der Waals surface area (Å²) in [4.78, 5) is 90.2. The number of nitrogens with one attached hydrogen (secondary N) is 1. The number of hydrogen-bond donors (Lipinski definition) is 2. The predicted molar refractivity (Wildman–Crippen MR) is 237 cm³/mol. The summed E-state index contributed by atoms with van der Waals surface area (Å²) >= 11 is 1.20. The second-order valence-corrected chi connectivity index (χ2v) is 17.1. The van der Waals surface area contributed by atoms with Crippen LogP contribution in [-0.2, 0) is 48.4 Å². The van der Waals surface area contributed by atoms with Crippen LogP contribution < -0.4 is 5.32 Å². The Morgan fingerprint density at radius 1 is 0.818 bits per heavy atom. The van der Waals surface area contributed by atoms with E-state index in [2.05, 4.69) is 11.9 Å². The van der Waals surface area contributed by atoms with Crippen LogP contribution in [0.1, 0.15) is 42.5 Å². The smallest absolute Gasteiger partial charge is 0.410 e. The number of anilines is 1. The third kappa shape index (κ3) is 10.0. The number of aliphatic hydroxyl groups excluding tert-OH is 1. The minimum absolute atomic E-state index is 0.0330. The first-order chi connectivity index (χ1) is 31.5. The van der Waals surface area contributed by atoms with Gasteiger partial charge in [0.15, 0.2) is 0 Å². The molecule has 3 aliphatic rings. The van der Waals surface area contributed by atoms with Gasteiger partial charge in [0.1, 0.15) is 37.3 Å². The number of thioether (sulfide) groups is 1. The van der Waals surface area contributed by atoms with Gasteiger partial charge in [-0.25, -0.2) is 9.59 Å². The maximum absolute atomic E-state index is 14.2. The molecule has 7 rings (SSSR count). The van der Waals surface area contributed by atoms with Gasteiger partial charge in [0.25, 0.3) is 17.1 Å². The molecule has 342 valence electrons. The molecule has 2 fully saturated rings. The highest BCUT2D eigenvalue weighted by Gasteiger charge is 2.60. The number of hydrogen-bond acceptors (Lipinski definition) is 15. The predicted octanol–water partition coefficient (Wildman–Crippen LogP) is 6.86. The van der Waals surface area contributed by atoms with E-state index in [0.717, 1.165) is 0 Å². The first-order valence-corrected chi connectivity index (χ1v) is 21.3. The summed E-state index contributed by atoms with van der Waals surface area (Å²) in [6.45, 7) is 6.77. The highest BCUT2D eigenvalue weighted by molar-refractivity contribution is 8.03. The van der Waals surface area contributed by atoms with Crippen molar-refractivity contribution >= 4 is 64.1 Å². The first kappa shape index (κ1) is 46.3. The summed E-state index contributed by atoms with van der Waals surface area (Å²) in [6.07, 6.45) is -1.82. The minimum Gasteiger partial charge on any atom is -0.489 e. The van der Waals surface area contributed by atoms with Gasteiger partial charge in [0.2, 0.25) is 11.8 Å². The summed E-state index contributed by atoms with van der Waals surface area (Å²) in [6, 6.07) is 21.6. The summed E-state index contributed by atoms with van der Waals surface area (Å²) in [7, 11) is 0. The summed E-state index contributed by atoms with van der Waals surface area (Å²) in [5.74, 6) is -2.91. The Labute approximate surface area is 380 Å². The van der Waals surface area contributed by atoms with Gasteiger partial charge < -0.3 is 29.5 Å². The number of amides is 3. The number of rotatable bonds is 17. The molecule has 0 aliphatic carbocycles. The number of carbonyl (C=O) groups is 4. The zero-order chi connectivity index (χ0) is 47.4. The molecule has 20 nitrogen and oxygen atoms in total. The summed E-state index contributed by atoms with van der Waals surface area (Å²) in [5.41, 5.74) is 2.03. The average Bonchev–Trinajstić information content (AvgIpc) is 3.83. The topological polar surface area (TPSA) is 264 Å². The van der Waals surface area contributed by atoms with Crippen molar-refractivity contribution in [2.45, 2.75) is 63.5 Å². The van der Waals surface area contributed by atoms with Crippen LogP contribution in [-0.4, -0.2) is 83.5 Å². The molecule has 0 saturated carbocycles. The molecule has 0 aromatic heterocycles. The van der Waals surface area contributed by atoms with Crippen molar-refractivity contribution in [1.29, 1.82) is 0 Å². The van der Waals surface area contributed by atoms with Crippen molar-refractivity contribution in [3.8, 4) is 0 Å². The zero-order valence-electron chi connectivity index (χ0n) is 35.3. The van der Waals surface area contributed by atoms with Gasteiger partial charge in [0.05, 0.1) is 32.8 Å². The molecule has 0 radical (unpaired) electrons. The van der Waals surface area contributed by atoms with Gasteiger partial charge in [-0.05, 0) is 78.6 Å². The standard InChI is InChI=1S/C45H42N6O14S/c1-25-39-38(26(2)52)43(54)48(39)40(44(55)64-23-29-9-15-34(16-10-29)50(59)60)41(25)66-36-20-37(47(21-36)45(56)65-24-30-11-17-35(18-12-30)51(61)62)42(53)46-32-6-4-5-31(19-32)27(3)63-22-28-7-13-33(14-8-28)49(57)58/h4-19,25-26,36-39,52H,3,20-24H2,1-2H3,(H,46,53)/t25-,26-,36+,37+,38-,39-/m1/s1. The summed E-state index contributed by atoms with van der Waals surface area (Å²) < 4.78 is 17.1. The van der Waals surface area contributed by atoms with E-state index in [1.165, 1.54) is 89.1 Å². The van der Waals surface area contributed by atoms with E-state index < -0.39 is 73.9 Å². The molecule has 3 heterocycles. The molecule has 2 N–H and O–H groups in total. The largest absolute Gasteiger partial charge is 0.489 e. The van der Waals surface area contributed by atoms with E-state index in [1.54, 1.807) is 36.4 Å². The lowest BCUT2D eigenvalue weighted by Gasteiger charge is -2.46. The van der Waals surface area contributed by atoms with Crippen molar-refractivity contribution in [2.24, 2.45) is 11.8 Å². The number of non-ortho nitro benzene ring substituents is 3. The highest BCUT2D eigenvalue weighted by Crippen LogP contribution is 2.52. The SMILES string of the molecule is C=C(OCc1ccc([N+](=O)[O-])cc1)c1cccc(NC(=O)[C@@H]2C[C@H](SC3=C(C(=O)OCc4ccc([N+](=O)[O-])cc4)N4C(=O)[C@H]([C@@H](C)O)[C@H]4[C@H]3C)CN2C(=O)OCc2ccc([N+](=O)[O-])cc2)c1. The van der Waals surface area contributed by atoms with Crippen LogP contribution in [0.3, 0.4) is 0 Å². The van der Waals surface area contributed by atoms with Crippen LogP contribution in [0.2, 0.25) is 0 Å². The lowest BCUT2D eigenvalue weighted by molar-refractivity contribution is -0.385. The van der Waals surface area contributed by atoms with E-state index in [4.69, 9.17) is 14.2 Å². The van der Waals surface area contributed by atoms with E-state index >= 15 is 0 Å². The normalized spacial score (nSPS) is 20.2. The number of β-lactam (4-membered cyclic amide) rings is 1. The Balaban J connectivity index is 1.10. The number of nitrogens with zero attached hydrogens (tertiary/aromatic N) is 5. The number of ether oxygens (including phenoxy) is 3. The quantitative estimate of drug-likeness (QED) is 0.0360. The van der Waals surface area contributed by atoms with E-state index in [9.17, 15) is 54.6 Å². The molecule has 0 bridgehead atoms. The van der Waals surface area contributed by atoms with Crippen LogP contribution in [0.5, 0.6) is 0 Å². The molecule has 4 aromatic rings. The van der Waals surface area contributed by atoms with Gasteiger partial charge in [-0.1, -0.05) is 25.6 Å².